The number of carbonyl (C=O) groups excluding carboxylic acids is 2. The van der Waals surface area contributed by atoms with Gasteiger partial charge in [-0.1, -0.05) is 54.1 Å². The van der Waals surface area contributed by atoms with Crippen LogP contribution in [0.5, 0.6) is 0 Å². The van der Waals surface area contributed by atoms with E-state index in [2.05, 4.69) is 22.0 Å². The fourth-order valence-electron chi connectivity index (χ4n) is 3.00. The van der Waals surface area contributed by atoms with E-state index >= 15 is 0 Å². The predicted octanol–water partition coefficient (Wildman–Crippen LogP) is 4.04. The Bertz CT molecular complexity index is 1080. The van der Waals surface area contributed by atoms with Gasteiger partial charge in [-0.2, -0.15) is 5.26 Å². The molecule has 0 aliphatic carbocycles. The molecule has 3 aromatic carbocycles. The molecule has 0 heterocycles. The van der Waals surface area contributed by atoms with Crippen LogP contribution in [-0.2, 0) is 17.8 Å². The minimum absolute atomic E-state index is 0.0161. The SMILES string of the molecule is Cc1ccc(CNC(=O)c2ccccc2NCC(=O)Nc2ccc(CC#N)cc2)cc1. The van der Waals surface area contributed by atoms with Gasteiger partial charge in [-0.25, -0.2) is 0 Å². The van der Waals surface area contributed by atoms with Gasteiger partial charge in [0.15, 0.2) is 0 Å². The molecule has 0 spiro atoms. The zero-order valence-electron chi connectivity index (χ0n) is 17.3. The van der Waals surface area contributed by atoms with Crippen molar-refractivity contribution in [2.75, 3.05) is 17.2 Å². The first-order valence-electron chi connectivity index (χ1n) is 9.97. The minimum atomic E-state index is -0.233. The van der Waals surface area contributed by atoms with Gasteiger partial charge < -0.3 is 16.0 Å². The first-order chi connectivity index (χ1) is 15.0. The number of anilines is 2. The van der Waals surface area contributed by atoms with E-state index in [1.165, 1.54) is 5.56 Å². The number of aryl methyl sites for hydroxylation is 1. The summed E-state index contributed by atoms with van der Waals surface area (Å²) in [6.45, 7) is 2.46. The molecule has 0 aliphatic rings. The maximum absolute atomic E-state index is 12.7. The van der Waals surface area contributed by atoms with Crippen molar-refractivity contribution >= 4 is 23.2 Å². The summed E-state index contributed by atoms with van der Waals surface area (Å²) in [7, 11) is 0. The standard InChI is InChI=1S/C25H24N4O2/c1-18-6-8-20(9-7-18)16-28-25(31)22-4-2-3-5-23(22)27-17-24(30)29-21-12-10-19(11-13-21)14-15-26/h2-13,27H,14,16-17H2,1H3,(H,28,31)(H,29,30). The average molecular weight is 412 g/mol. The molecule has 156 valence electrons. The third-order valence-electron chi connectivity index (χ3n) is 4.71. The molecular formula is C25H24N4O2. The lowest BCUT2D eigenvalue weighted by molar-refractivity contribution is -0.114. The van der Waals surface area contributed by atoms with Crippen LogP contribution in [0, 0.1) is 18.3 Å². The van der Waals surface area contributed by atoms with Gasteiger partial charge in [0, 0.05) is 17.9 Å². The highest BCUT2D eigenvalue weighted by Crippen LogP contribution is 2.15. The summed E-state index contributed by atoms with van der Waals surface area (Å²) in [6, 6.07) is 24.3. The first-order valence-corrected chi connectivity index (χ1v) is 9.97. The normalized spacial score (nSPS) is 10.1. The zero-order valence-corrected chi connectivity index (χ0v) is 17.3. The van der Waals surface area contributed by atoms with Crippen LogP contribution in [0.25, 0.3) is 0 Å². The second kappa shape index (κ2) is 10.6. The molecular weight excluding hydrogens is 388 g/mol. The molecule has 6 heteroatoms. The quantitative estimate of drug-likeness (QED) is 0.520. The van der Waals surface area contributed by atoms with Crippen molar-refractivity contribution in [2.24, 2.45) is 0 Å². The molecule has 0 aromatic heterocycles. The highest BCUT2D eigenvalue weighted by atomic mass is 16.2. The number of rotatable bonds is 8. The molecule has 2 amide bonds. The van der Waals surface area contributed by atoms with Crippen molar-refractivity contribution in [1.29, 1.82) is 5.26 Å². The Balaban J connectivity index is 1.55. The minimum Gasteiger partial charge on any atom is -0.376 e. The van der Waals surface area contributed by atoms with E-state index in [1.807, 2.05) is 37.3 Å². The summed E-state index contributed by atoms with van der Waals surface area (Å²) in [5.74, 6) is -0.444. The molecule has 3 rings (SSSR count). The number of hydrogen-bond acceptors (Lipinski definition) is 4. The van der Waals surface area contributed by atoms with Gasteiger partial charge >= 0.3 is 0 Å². The molecule has 0 saturated carbocycles. The summed E-state index contributed by atoms with van der Waals surface area (Å²) >= 11 is 0. The number of amides is 2. The Hall–Kier alpha value is -4.11. The van der Waals surface area contributed by atoms with Crippen LogP contribution in [0.2, 0.25) is 0 Å². The van der Waals surface area contributed by atoms with Gasteiger partial charge in [0.2, 0.25) is 5.91 Å². The van der Waals surface area contributed by atoms with Crippen LogP contribution < -0.4 is 16.0 Å². The van der Waals surface area contributed by atoms with E-state index in [0.717, 1.165) is 11.1 Å². The maximum Gasteiger partial charge on any atom is 0.253 e. The number of nitrogens with zero attached hydrogens (tertiary/aromatic N) is 1. The molecule has 3 aromatic rings. The average Bonchev–Trinajstić information content (AvgIpc) is 2.79. The summed E-state index contributed by atoms with van der Waals surface area (Å²) in [5.41, 5.74) is 4.79. The van der Waals surface area contributed by atoms with Crippen LogP contribution in [0.15, 0.2) is 72.8 Å². The summed E-state index contributed by atoms with van der Waals surface area (Å²) < 4.78 is 0. The number of hydrogen-bond donors (Lipinski definition) is 3. The van der Waals surface area contributed by atoms with E-state index in [0.29, 0.717) is 29.9 Å². The zero-order chi connectivity index (χ0) is 22.1. The van der Waals surface area contributed by atoms with Gasteiger partial charge in [-0.05, 0) is 42.3 Å². The second-order valence-electron chi connectivity index (χ2n) is 7.15. The van der Waals surface area contributed by atoms with E-state index in [-0.39, 0.29) is 18.4 Å². The van der Waals surface area contributed by atoms with Crippen molar-refractivity contribution in [3.8, 4) is 6.07 Å². The van der Waals surface area contributed by atoms with Gasteiger partial charge in [0.05, 0.1) is 24.6 Å². The van der Waals surface area contributed by atoms with Crippen molar-refractivity contribution in [2.45, 2.75) is 19.9 Å². The highest BCUT2D eigenvalue weighted by Gasteiger charge is 2.12. The van der Waals surface area contributed by atoms with Crippen LogP contribution in [0.3, 0.4) is 0 Å². The Kier molecular flexibility index (Phi) is 7.39. The largest absolute Gasteiger partial charge is 0.376 e. The van der Waals surface area contributed by atoms with Gasteiger partial charge in [0.1, 0.15) is 0 Å². The first kappa shape index (κ1) is 21.6. The van der Waals surface area contributed by atoms with Gasteiger partial charge in [0.25, 0.3) is 5.91 Å². The van der Waals surface area contributed by atoms with E-state index in [9.17, 15) is 9.59 Å². The number of benzene rings is 3. The number of carbonyl (C=O) groups is 2. The lowest BCUT2D eigenvalue weighted by atomic mass is 10.1. The lowest BCUT2D eigenvalue weighted by Gasteiger charge is -2.13. The Labute approximate surface area is 181 Å². The third kappa shape index (κ3) is 6.44. The van der Waals surface area contributed by atoms with Crippen molar-refractivity contribution < 1.29 is 9.59 Å². The number of nitrogens with one attached hydrogen (secondary N) is 3. The summed E-state index contributed by atoms with van der Waals surface area (Å²) in [5, 5.41) is 17.5. The molecule has 6 nitrogen and oxygen atoms in total. The Morgan fingerprint density at radius 2 is 1.58 bits per heavy atom. The monoisotopic (exact) mass is 412 g/mol. The Morgan fingerprint density at radius 3 is 2.29 bits per heavy atom. The predicted molar refractivity (Wildman–Crippen MR) is 122 cm³/mol. The fraction of sp³-hybridized carbons (Fsp3) is 0.160. The molecule has 0 fully saturated rings. The van der Waals surface area contributed by atoms with Crippen molar-refractivity contribution in [3.63, 3.8) is 0 Å². The topological polar surface area (TPSA) is 94.0 Å². The Morgan fingerprint density at radius 1 is 0.903 bits per heavy atom. The molecule has 3 N–H and O–H groups in total. The summed E-state index contributed by atoms with van der Waals surface area (Å²) in [6.07, 6.45) is 0.332. The lowest BCUT2D eigenvalue weighted by Crippen LogP contribution is -2.26. The maximum atomic E-state index is 12.7. The van der Waals surface area contributed by atoms with E-state index in [4.69, 9.17) is 5.26 Å². The van der Waals surface area contributed by atoms with Crippen LogP contribution in [0.4, 0.5) is 11.4 Å². The number of para-hydroxylation sites is 1. The van der Waals surface area contributed by atoms with Gasteiger partial charge in [-0.15, -0.1) is 0 Å². The number of nitriles is 1. The summed E-state index contributed by atoms with van der Waals surface area (Å²) in [4.78, 5) is 24.9. The second-order valence-corrected chi connectivity index (χ2v) is 7.15. The molecule has 0 atom stereocenters. The third-order valence-corrected chi connectivity index (χ3v) is 4.71. The smallest absolute Gasteiger partial charge is 0.253 e. The molecule has 0 unspecified atom stereocenters. The molecule has 0 radical (unpaired) electrons. The molecule has 0 saturated heterocycles. The molecule has 31 heavy (non-hydrogen) atoms. The van der Waals surface area contributed by atoms with E-state index < -0.39 is 0 Å². The fourth-order valence-corrected chi connectivity index (χ4v) is 3.00. The molecule has 0 bridgehead atoms. The molecule has 0 aliphatic heterocycles. The highest BCUT2D eigenvalue weighted by molar-refractivity contribution is 6.00. The van der Waals surface area contributed by atoms with Crippen molar-refractivity contribution in [3.05, 3.63) is 95.1 Å². The van der Waals surface area contributed by atoms with Crippen LogP contribution in [0.1, 0.15) is 27.0 Å². The van der Waals surface area contributed by atoms with Crippen LogP contribution >= 0.6 is 0 Å². The van der Waals surface area contributed by atoms with Crippen LogP contribution in [-0.4, -0.2) is 18.4 Å². The van der Waals surface area contributed by atoms with Crippen molar-refractivity contribution in [1.82, 2.24) is 5.32 Å². The van der Waals surface area contributed by atoms with Gasteiger partial charge in [-0.3, -0.25) is 9.59 Å². The van der Waals surface area contributed by atoms with E-state index in [1.54, 1.807) is 42.5 Å².